The van der Waals surface area contributed by atoms with E-state index in [2.05, 4.69) is 32.6 Å². The lowest BCUT2D eigenvalue weighted by Crippen LogP contribution is -2.48. The largest absolute Gasteiger partial charge is 0.469 e. The van der Waals surface area contributed by atoms with E-state index in [0.717, 1.165) is 44.0 Å². The molecule has 7 nitrogen and oxygen atoms in total. The van der Waals surface area contributed by atoms with Crippen LogP contribution in [0.3, 0.4) is 0 Å². The average molecular weight is 405 g/mol. The molecule has 1 saturated heterocycles. The fourth-order valence-corrected chi connectivity index (χ4v) is 4.39. The Labute approximate surface area is 165 Å². The van der Waals surface area contributed by atoms with Crippen LogP contribution in [-0.2, 0) is 11.3 Å². The van der Waals surface area contributed by atoms with Gasteiger partial charge in [0.2, 0.25) is 5.91 Å². The van der Waals surface area contributed by atoms with Crippen LogP contribution in [0.25, 0.3) is 11.5 Å². The van der Waals surface area contributed by atoms with Crippen molar-refractivity contribution in [3.63, 3.8) is 0 Å². The van der Waals surface area contributed by atoms with Crippen LogP contribution < -0.4 is 0 Å². The maximum absolute atomic E-state index is 12.5. The van der Waals surface area contributed by atoms with Gasteiger partial charge in [-0.2, -0.15) is 0 Å². The van der Waals surface area contributed by atoms with Crippen molar-refractivity contribution in [2.45, 2.75) is 18.7 Å². The first-order chi connectivity index (χ1) is 13.2. The quantitative estimate of drug-likeness (QED) is 0.584. The molecule has 0 atom stereocenters. The predicted molar refractivity (Wildman–Crippen MR) is 104 cm³/mol. The Morgan fingerprint density at radius 1 is 1.26 bits per heavy atom. The Balaban J connectivity index is 1.24. The Hall–Kier alpha value is -2.10. The summed E-state index contributed by atoms with van der Waals surface area (Å²) in [7, 11) is 0. The van der Waals surface area contributed by atoms with Gasteiger partial charge in [-0.15, -0.1) is 21.5 Å². The topological polar surface area (TPSA) is 75.6 Å². The SMILES string of the molecule is Cc1occc1-c1nnc(SCC(=O)N2CCN(Cc3cccs3)CC2)o1. The highest BCUT2D eigenvalue weighted by atomic mass is 32.2. The summed E-state index contributed by atoms with van der Waals surface area (Å²) in [5, 5.41) is 10.5. The van der Waals surface area contributed by atoms with E-state index in [9.17, 15) is 4.79 Å². The number of nitrogens with zero attached hydrogens (tertiary/aromatic N) is 4. The van der Waals surface area contributed by atoms with E-state index in [0.29, 0.717) is 16.9 Å². The number of carbonyl (C=O) groups is 1. The van der Waals surface area contributed by atoms with E-state index in [4.69, 9.17) is 8.83 Å². The van der Waals surface area contributed by atoms with Crippen molar-refractivity contribution in [2.24, 2.45) is 0 Å². The van der Waals surface area contributed by atoms with Crippen molar-refractivity contribution in [3.8, 4) is 11.5 Å². The van der Waals surface area contributed by atoms with Crippen molar-refractivity contribution < 1.29 is 13.6 Å². The van der Waals surface area contributed by atoms with E-state index in [1.807, 2.05) is 11.8 Å². The van der Waals surface area contributed by atoms with E-state index in [1.165, 1.54) is 16.6 Å². The first-order valence-electron chi connectivity index (χ1n) is 8.72. The molecule has 4 rings (SSSR count). The van der Waals surface area contributed by atoms with Gasteiger partial charge in [-0.25, -0.2) is 0 Å². The van der Waals surface area contributed by atoms with Crippen molar-refractivity contribution >= 4 is 29.0 Å². The number of rotatable bonds is 6. The normalized spacial score (nSPS) is 15.4. The maximum Gasteiger partial charge on any atom is 0.277 e. The van der Waals surface area contributed by atoms with E-state index in [-0.39, 0.29) is 5.91 Å². The number of carbonyl (C=O) groups excluding carboxylic acids is 1. The third kappa shape index (κ3) is 4.42. The molecule has 1 aliphatic rings. The summed E-state index contributed by atoms with van der Waals surface area (Å²) < 4.78 is 10.9. The fraction of sp³-hybridized carbons (Fsp3) is 0.389. The van der Waals surface area contributed by atoms with Gasteiger partial charge in [0.1, 0.15) is 5.76 Å². The Kier molecular flexibility index (Phi) is 5.61. The molecule has 0 saturated carbocycles. The van der Waals surface area contributed by atoms with Gasteiger partial charge in [0.15, 0.2) is 0 Å². The summed E-state index contributed by atoms with van der Waals surface area (Å²) in [6.07, 6.45) is 1.59. The van der Waals surface area contributed by atoms with Crippen molar-refractivity contribution in [1.29, 1.82) is 0 Å². The summed E-state index contributed by atoms with van der Waals surface area (Å²) in [5.41, 5.74) is 0.780. The van der Waals surface area contributed by atoms with Crippen LogP contribution in [0.5, 0.6) is 0 Å². The van der Waals surface area contributed by atoms with Crippen LogP contribution in [0.1, 0.15) is 10.6 Å². The number of aromatic nitrogens is 2. The van der Waals surface area contributed by atoms with Crippen LogP contribution in [0.4, 0.5) is 0 Å². The van der Waals surface area contributed by atoms with E-state index in [1.54, 1.807) is 23.7 Å². The molecular weight excluding hydrogens is 384 g/mol. The van der Waals surface area contributed by atoms with E-state index < -0.39 is 0 Å². The number of aryl methyl sites for hydroxylation is 1. The molecule has 1 amide bonds. The van der Waals surface area contributed by atoms with Crippen molar-refractivity contribution in [3.05, 3.63) is 40.5 Å². The minimum atomic E-state index is 0.106. The van der Waals surface area contributed by atoms with Gasteiger partial charge in [-0.1, -0.05) is 17.8 Å². The Bertz CT molecular complexity index is 882. The molecule has 3 aromatic heterocycles. The molecule has 9 heteroatoms. The first-order valence-corrected chi connectivity index (χ1v) is 10.6. The zero-order chi connectivity index (χ0) is 18.6. The summed E-state index contributed by atoms with van der Waals surface area (Å²) in [4.78, 5) is 18.1. The lowest BCUT2D eigenvalue weighted by atomic mass is 10.3. The standard InChI is InChI=1S/C18H20N4O3S2/c1-13-15(4-9-24-13)17-19-20-18(25-17)27-12-16(23)22-7-5-21(6-8-22)11-14-3-2-10-26-14/h2-4,9-10H,5-8,11-12H2,1H3. The molecule has 142 valence electrons. The number of thioether (sulfide) groups is 1. The summed E-state index contributed by atoms with van der Waals surface area (Å²) in [6, 6.07) is 6.02. The maximum atomic E-state index is 12.5. The average Bonchev–Trinajstić information content (AvgIpc) is 3.42. The molecule has 0 unspecified atom stereocenters. The van der Waals surface area contributed by atoms with Crippen LogP contribution in [-0.4, -0.2) is 57.8 Å². The molecule has 1 fully saturated rings. The number of hydrogen-bond donors (Lipinski definition) is 0. The van der Waals surface area contributed by atoms with E-state index >= 15 is 0 Å². The Morgan fingerprint density at radius 3 is 2.81 bits per heavy atom. The lowest BCUT2D eigenvalue weighted by molar-refractivity contribution is -0.130. The third-order valence-corrected chi connectivity index (χ3v) is 6.16. The minimum absolute atomic E-state index is 0.106. The lowest BCUT2D eigenvalue weighted by Gasteiger charge is -2.34. The summed E-state index contributed by atoms with van der Waals surface area (Å²) in [6.45, 7) is 6.13. The summed E-state index contributed by atoms with van der Waals surface area (Å²) in [5.74, 6) is 1.55. The van der Waals surface area contributed by atoms with Crippen LogP contribution >= 0.6 is 23.1 Å². The van der Waals surface area contributed by atoms with Gasteiger partial charge < -0.3 is 13.7 Å². The van der Waals surface area contributed by atoms with Gasteiger partial charge in [-0.3, -0.25) is 9.69 Å². The smallest absolute Gasteiger partial charge is 0.277 e. The number of hydrogen-bond acceptors (Lipinski definition) is 8. The van der Waals surface area contributed by atoms with Gasteiger partial charge in [0.25, 0.3) is 11.1 Å². The molecule has 0 aliphatic carbocycles. The highest BCUT2D eigenvalue weighted by Gasteiger charge is 2.22. The van der Waals surface area contributed by atoms with Gasteiger partial charge in [-0.05, 0) is 24.4 Å². The highest BCUT2D eigenvalue weighted by molar-refractivity contribution is 7.99. The molecule has 0 bridgehead atoms. The van der Waals surface area contributed by atoms with Crippen molar-refractivity contribution in [1.82, 2.24) is 20.0 Å². The molecule has 0 aromatic carbocycles. The number of amides is 1. The zero-order valence-electron chi connectivity index (χ0n) is 15.0. The number of thiophene rings is 1. The van der Waals surface area contributed by atoms with Crippen LogP contribution in [0.15, 0.2) is 43.9 Å². The molecule has 0 N–H and O–H groups in total. The fourth-order valence-electron chi connectivity index (χ4n) is 2.98. The molecular formula is C18H20N4O3S2. The van der Waals surface area contributed by atoms with Gasteiger partial charge in [0, 0.05) is 37.6 Å². The highest BCUT2D eigenvalue weighted by Crippen LogP contribution is 2.26. The summed E-state index contributed by atoms with van der Waals surface area (Å²) >= 11 is 3.05. The van der Waals surface area contributed by atoms with Crippen molar-refractivity contribution in [2.75, 3.05) is 31.9 Å². The Morgan fingerprint density at radius 2 is 2.11 bits per heavy atom. The first kappa shape index (κ1) is 18.3. The molecule has 4 heterocycles. The zero-order valence-corrected chi connectivity index (χ0v) is 16.6. The predicted octanol–water partition coefficient (Wildman–Crippen LogP) is 3.14. The third-order valence-electron chi connectivity index (χ3n) is 4.50. The minimum Gasteiger partial charge on any atom is -0.469 e. The number of furan rings is 1. The molecule has 0 spiro atoms. The van der Waals surface area contributed by atoms with Crippen LogP contribution in [0, 0.1) is 6.92 Å². The second-order valence-electron chi connectivity index (χ2n) is 6.29. The van der Waals surface area contributed by atoms with Crippen LogP contribution in [0.2, 0.25) is 0 Å². The number of piperazine rings is 1. The monoisotopic (exact) mass is 404 g/mol. The second kappa shape index (κ2) is 8.28. The molecule has 0 radical (unpaired) electrons. The molecule has 3 aromatic rings. The molecule has 1 aliphatic heterocycles. The second-order valence-corrected chi connectivity index (χ2v) is 8.25. The van der Waals surface area contributed by atoms with Gasteiger partial charge >= 0.3 is 0 Å². The van der Waals surface area contributed by atoms with Gasteiger partial charge in [0.05, 0.1) is 17.6 Å². The molecule has 27 heavy (non-hydrogen) atoms.